The maximum atomic E-state index is 11.4. The van der Waals surface area contributed by atoms with Gasteiger partial charge in [0.05, 0.1) is 11.9 Å². The summed E-state index contributed by atoms with van der Waals surface area (Å²) in [7, 11) is 0. The maximum Gasteiger partial charge on any atom is 0.0681 e. The van der Waals surface area contributed by atoms with E-state index in [1.54, 1.807) is 60.7 Å². The van der Waals surface area contributed by atoms with E-state index in [-0.39, 0.29) is 45.1 Å². The van der Waals surface area contributed by atoms with Gasteiger partial charge in [-0.15, -0.1) is 0 Å². The number of carboxylic acid groups (broad SMARTS) is 2. The molecule has 2 aromatic rings. The number of rotatable bonds is 8. The third-order valence-corrected chi connectivity index (χ3v) is 7.78. The molecule has 0 heterocycles. The maximum absolute atomic E-state index is 11.4. The Labute approximate surface area is 183 Å². The van der Waals surface area contributed by atoms with Gasteiger partial charge in [0.2, 0.25) is 0 Å². The molecule has 0 spiro atoms. The summed E-state index contributed by atoms with van der Waals surface area (Å²) in [5, 5.41) is 22.8. The minimum atomic E-state index is -1.49. The van der Waals surface area contributed by atoms with Crippen LogP contribution in [0.2, 0.25) is 7.87 Å². The fourth-order valence-electron chi connectivity index (χ4n) is 2.87. The molecule has 2 rings (SSSR count). The van der Waals surface area contributed by atoms with Crippen LogP contribution in [0, 0.1) is 0 Å². The first-order chi connectivity index (χ1) is 13.7. The standard InChI is InChI=1S/C18H16O4.2C3H7.Sn/c19-17(20)15(11-13-7-3-1-4-8-13)16(18(21)22)12-14-9-5-2-6-10-14;2*1-3-2;/h1-10H,11-12H2,(H,19,20)(H,21,22);2*3H,1-2H3;/q;;;+2/p-2/b16-15-;;;. The van der Waals surface area contributed by atoms with Crippen LogP contribution >= 0.6 is 0 Å². The van der Waals surface area contributed by atoms with Crippen molar-refractivity contribution in [2.24, 2.45) is 0 Å². The fourth-order valence-corrected chi connectivity index (χ4v) is 6.68. The van der Waals surface area contributed by atoms with E-state index in [0.717, 1.165) is 7.87 Å². The summed E-state index contributed by atoms with van der Waals surface area (Å²) in [6.07, 6.45) is -0.0291. The Balaban J connectivity index is 0.000000516. The molecule has 0 aromatic heterocycles. The Morgan fingerprint density at radius 3 is 1.21 bits per heavy atom. The topological polar surface area (TPSA) is 80.3 Å². The number of aliphatic carboxylic acids is 2. The molecule has 0 amide bonds. The van der Waals surface area contributed by atoms with Gasteiger partial charge >= 0.3 is 56.7 Å². The molecule has 5 heteroatoms. The van der Waals surface area contributed by atoms with Gasteiger partial charge in [-0.25, -0.2) is 0 Å². The van der Waals surface area contributed by atoms with Crippen molar-refractivity contribution in [3.63, 3.8) is 0 Å². The Morgan fingerprint density at radius 2 is 1.00 bits per heavy atom. The molecular weight excluding hydrogens is 471 g/mol. The van der Waals surface area contributed by atoms with Crippen LogP contribution in [0.3, 0.4) is 0 Å². The van der Waals surface area contributed by atoms with E-state index in [2.05, 4.69) is 27.7 Å². The van der Waals surface area contributed by atoms with E-state index in [9.17, 15) is 19.8 Å². The molecular formula is C24H28O4Sn. The summed E-state index contributed by atoms with van der Waals surface area (Å²) in [4.78, 5) is 22.8. The fraction of sp³-hybridized carbons (Fsp3) is 0.333. The van der Waals surface area contributed by atoms with Crippen molar-refractivity contribution < 1.29 is 19.8 Å². The molecule has 0 atom stereocenters. The van der Waals surface area contributed by atoms with Crippen LogP contribution in [-0.2, 0) is 22.4 Å². The number of carboxylic acids is 2. The predicted octanol–water partition coefficient (Wildman–Crippen LogP) is 2.62. The van der Waals surface area contributed by atoms with Crippen molar-refractivity contribution >= 4 is 33.1 Å². The average Bonchev–Trinajstić information content (AvgIpc) is 2.65. The minimum absolute atomic E-state index is 0.0146. The zero-order chi connectivity index (χ0) is 21.8. The SMILES string of the molecule is C[CH](C)[Sn+2][CH](C)C.O=C([O-])/C(Cc1ccccc1)=C(/Cc1ccccc1)C(=O)[O-]. The molecule has 0 saturated heterocycles. The van der Waals surface area contributed by atoms with Crippen molar-refractivity contribution in [2.45, 2.75) is 48.4 Å². The van der Waals surface area contributed by atoms with E-state index in [0.29, 0.717) is 11.1 Å². The molecule has 0 aliphatic heterocycles. The quantitative estimate of drug-likeness (QED) is 0.414. The first-order valence-corrected chi connectivity index (χ1v) is 13.0. The van der Waals surface area contributed by atoms with E-state index in [1.807, 2.05) is 0 Å². The van der Waals surface area contributed by atoms with Crippen LogP contribution in [-0.4, -0.2) is 33.1 Å². The third-order valence-electron chi connectivity index (χ3n) is 3.97. The summed E-state index contributed by atoms with van der Waals surface area (Å²) in [6, 6.07) is 17.6. The zero-order valence-electron chi connectivity index (χ0n) is 17.5. The second-order valence-electron chi connectivity index (χ2n) is 7.33. The largest absolute Gasteiger partial charge is 0.545 e. The van der Waals surface area contributed by atoms with E-state index < -0.39 is 11.9 Å². The Hall–Kier alpha value is -2.08. The van der Waals surface area contributed by atoms with E-state index >= 15 is 0 Å². The Morgan fingerprint density at radius 1 is 0.690 bits per heavy atom. The van der Waals surface area contributed by atoms with E-state index in [1.165, 1.54) is 0 Å². The normalized spacial score (nSPS) is 11.2. The summed E-state index contributed by atoms with van der Waals surface area (Å²) < 4.78 is 2.09. The molecule has 2 aromatic carbocycles. The van der Waals surface area contributed by atoms with Crippen LogP contribution in [0.1, 0.15) is 38.8 Å². The number of carbonyl (C=O) groups excluding carboxylic acids is 2. The van der Waals surface area contributed by atoms with Crippen LogP contribution in [0.5, 0.6) is 0 Å². The smallest absolute Gasteiger partial charge is 0.0681 e. The molecule has 0 aliphatic carbocycles. The second-order valence-corrected chi connectivity index (χ2v) is 14.9. The van der Waals surface area contributed by atoms with Crippen molar-refractivity contribution in [3.8, 4) is 0 Å². The van der Waals surface area contributed by atoms with Gasteiger partial charge in [0.15, 0.2) is 0 Å². The Kier molecular flexibility index (Phi) is 11.4. The summed E-state index contributed by atoms with van der Waals surface area (Å²) >= 11 is 0.0389. The molecule has 0 unspecified atom stereocenters. The monoisotopic (exact) mass is 500 g/mol. The second kappa shape index (κ2) is 13.2. The average molecular weight is 499 g/mol. The molecule has 0 N–H and O–H groups in total. The molecule has 0 saturated carbocycles. The molecule has 0 aliphatic rings. The number of hydrogen-bond acceptors (Lipinski definition) is 4. The number of hydrogen-bond donors (Lipinski definition) is 0. The summed E-state index contributed by atoms with van der Waals surface area (Å²) in [5.74, 6) is -2.97. The summed E-state index contributed by atoms with van der Waals surface area (Å²) in [5.41, 5.74) is 0.895. The molecule has 0 bridgehead atoms. The third kappa shape index (κ3) is 10.3. The molecule has 0 fully saturated rings. The molecule has 0 radical (unpaired) electrons. The van der Waals surface area contributed by atoms with Gasteiger partial charge in [-0.3, -0.25) is 0 Å². The van der Waals surface area contributed by atoms with E-state index in [4.69, 9.17) is 0 Å². The van der Waals surface area contributed by atoms with Crippen LogP contribution in [0.4, 0.5) is 0 Å². The van der Waals surface area contributed by atoms with Crippen LogP contribution in [0.25, 0.3) is 0 Å². The number of benzene rings is 2. The van der Waals surface area contributed by atoms with Gasteiger partial charge in [0.1, 0.15) is 0 Å². The van der Waals surface area contributed by atoms with Gasteiger partial charge in [-0.1, -0.05) is 60.7 Å². The molecule has 152 valence electrons. The zero-order valence-corrected chi connectivity index (χ0v) is 20.3. The van der Waals surface area contributed by atoms with Gasteiger partial charge in [-0.2, -0.15) is 0 Å². The van der Waals surface area contributed by atoms with Crippen molar-refractivity contribution in [3.05, 3.63) is 82.9 Å². The molecule has 4 nitrogen and oxygen atoms in total. The van der Waals surface area contributed by atoms with Gasteiger partial charge in [-0.05, 0) is 35.1 Å². The van der Waals surface area contributed by atoms with Gasteiger partial charge in [0.25, 0.3) is 0 Å². The molecule has 29 heavy (non-hydrogen) atoms. The predicted molar refractivity (Wildman–Crippen MR) is 113 cm³/mol. The van der Waals surface area contributed by atoms with Crippen LogP contribution in [0.15, 0.2) is 71.8 Å². The van der Waals surface area contributed by atoms with Gasteiger partial charge < -0.3 is 19.8 Å². The summed E-state index contributed by atoms with van der Waals surface area (Å²) in [6.45, 7) is 9.36. The first-order valence-electron chi connectivity index (χ1n) is 9.69. The van der Waals surface area contributed by atoms with Crippen molar-refractivity contribution in [1.82, 2.24) is 0 Å². The first kappa shape index (κ1) is 25.0. The van der Waals surface area contributed by atoms with Crippen molar-refractivity contribution in [2.75, 3.05) is 0 Å². The van der Waals surface area contributed by atoms with Crippen LogP contribution < -0.4 is 10.2 Å². The minimum Gasteiger partial charge on any atom is -0.545 e. The Bertz CT molecular complexity index is 729. The van der Waals surface area contributed by atoms with Crippen molar-refractivity contribution in [1.29, 1.82) is 0 Å². The number of carbonyl (C=O) groups is 2. The van der Waals surface area contributed by atoms with Gasteiger partial charge in [0, 0.05) is 0 Å².